The zero-order valence-corrected chi connectivity index (χ0v) is 27.8. The fourth-order valence-corrected chi connectivity index (χ4v) is 6.52. The predicted molar refractivity (Wildman–Crippen MR) is 201 cm³/mol. The Morgan fingerprint density at radius 3 is 2.12 bits per heavy atom. The third-order valence-corrected chi connectivity index (χ3v) is 9.06. The number of aromatic nitrogens is 1. The van der Waals surface area contributed by atoms with Gasteiger partial charge in [0, 0.05) is 62.1 Å². The lowest BCUT2D eigenvalue weighted by atomic mass is 9.97. The van der Waals surface area contributed by atoms with Gasteiger partial charge in [0.2, 0.25) is 0 Å². The third kappa shape index (κ3) is 7.38. The minimum absolute atomic E-state index is 0.0353. The molecule has 4 bridgehead atoms. The van der Waals surface area contributed by atoms with E-state index in [0.717, 1.165) is 49.9 Å². The molecule has 10 nitrogen and oxygen atoms in total. The van der Waals surface area contributed by atoms with Crippen LogP contribution in [0.25, 0.3) is 44.1 Å². The number of fused-ring (bicyclic) bond motifs is 7. The molecule has 5 aromatic rings. The molecule has 48 heavy (non-hydrogen) atoms. The van der Waals surface area contributed by atoms with E-state index in [0.29, 0.717) is 31.0 Å². The highest BCUT2D eigenvalue weighted by Gasteiger charge is 2.17. The van der Waals surface area contributed by atoms with Crippen molar-refractivity contribution in [3.63, 3.8) is 0 Å². The quantitative estimate of drug-likeness (QED) is 0.0806. The molecule has 1 atom stereocenters. The van der Waals surface area contributed by atoms with Crippen LogP contribution >= 0.6 is 0 Å². The first kappa shape index (κ1) is 32.4. The van der Waals surface area contributed by atoms with Crippen LogP contribution in [0.2, 0.25) is 0 Å². The summed E-state index contributed by atoms with van der Waals surface area (Å²) in [6.07, 6.45) is 3.55. The molecule has 1 unspecified atom stereocenters. The Bertz CT molecular complexity index is 1990. The molecule has 6 rings (SSSR count). The fourth-order valence-electron chi connectivity index (χ4n) is 6.52. The second kappa shape index (κ2) is 14.9. The predicted octanol–water partition coefficient (Wildman–Crippen LogP) is 4.87. The number of nitrogens with two attached hydrogens (primary N) is 3. The molecule has 0 aliphatic carbocycles. The molecule has 1 aliphatic heterocycles. The van der Waals surface area contributed by atoms with Gasteiger partial charge in [0.05, 0.1) is 6.04 Å². The Balaban J connectivity index is 1.35. The molecule has 9 N–H and O–H groups in total. The van der Waals surface area contributed by atoms with E-state index in [1.807, 2.05) is 0 Å². The fraction of sp³-hybridized carbons (Fsp3) is 0.289. The molecule has 0 radical (unpaired) electrons. The van der Waals surface area contributed by atoms with E-state index in [-0.39, 0.29) is 6.04 Å². The number of rotatable bonds is 8. The summed E-state index contributed by atoms with van der Waals surface area (Å²) in [6.45, 7) is 2.88. The van der Waals surface area contributed by atoms with Crippen LogP contribution in [0.3, 0.4) is 0 Å². The molecule has 0 amide bonds. The number of benzene rings is 4. The van der Waals surface area contributed by atoms with Crippen LogP contribution in [0, 0.1) is 0 Å². The molecule has 10 heteroatoms. The summed E-state index contributed by atoms with van der Waals surface area (Å²) in [7, 11) is 3.37. The topological polar surface area (TPSA) is 156 Å². The third-order valence-electron chi connectivity index (χ3n) is 9.06. The normalized spacial score (nSPS) is 15.6. The van der Waals surface area contributed by atoms with E-state index in [1.54, 1.807) is 14.1 Å². The Morgan fingerprint density at radius 2 is 1.44 bits per heavy atom. The van der Waals surface area contributed by atoms with Gasteiger partial charge in [-0.25, -0.2) is 0 Å². The van der Waals surface area contributed by atoms with Crippen molar-refractivity contribution in [3.8, 4) is 22.3 Å². The zero-order valence-electron chi connectivity index (χ0n) is 27.8. The smallest absolute Gasteiger partial charge is 0.189 e. The van der Waals surface area contributed by atoms with E-state index >= 15 is 0 Å². The van der Waals surface area contributed by atoms with Crippen LogP contribution < -0.4 is 33.2 Å². The van der Waals surface area contributed by atoms with Crippen molar-refractivity contribution in [1.29, 1.82) is 0 Å². The van der Waals surface area contributed by atoms with E-state index < -0.39 is 0 Å². The Labute approximate surface area is 282 Å². The van der Waals surface area contributed by atoms with Gasteiger partial charge in [0.1, 0.15) is 0 Å². The highest BCUT2D eigenvalue weighted by atomic mass is 15.1. The summed E-state index contributed by atoms with van der Waals surface area (Å²) < 4.78 is 2.45. The number of aliphatic imine (C=N–C) groups is 3. The van der Waals surface area contributed by atoms with Crippen molar-refractivity contribution in [2.24, 2.45) is 32.2 Å². The molecule has 4 aromatic carbocycles. The van der Waals surface area contributed by atoms with Gasteiger partial charge < -0.3 is 37.7 Å². The van der Waals surface area contributed by atoms with Crippen molar-refractivity contribution >= 4 is 39.7 Å². The summed E-state index contributed by atoms with van der Waals surface area (Å²) in [5.41, 5.74) is 27.8. The van der Waals surface area contributed by atoms with Crippen molar-refractivity contribution < 1.29 is 0 Å². The number of hydrogen-bond donors (Lipinski definition) is 6. The second-order valence-corrected chi connectivity index (χ2v) is 12.2. The summed E-state index contributed by atoms with van der Waals surface area (Å²) in [4.78, 5) is 12.7. The van der Waals surface area contributed by atoms with Gasteiger partial charge in [-0.15, -0.1) is 0 Å². The first-order valence-corrected chi connectivity index (χ1v) is 16.7. The lowest BCUT2D eigenvalue weighted by Gasteiger charge is -2.21. The Morgan fingerprint density at radius 1 is 0.812 bits per heavy atom. The SMILES string of the molecule is CN=C(N)NCCCc1cccc(-c2ccc3c4ccc5cc4n(c3c2)CCCN=C(N)NC(CCNC(N)=NC)c2cccc-5c2)c1. The van der Waals surface area contributed by atoms with Crippen molar-refractivity contribution in [3.05, 3.63) is 96.1 Å². The van der Waals surface area contributed by atoms with Gasteiger partial charge in [0.25, 0.3) is 0 Å². The Kier molecular flexibility index (Phi) is 10.1. The first-order valence-electron chi connectivity index (χ1n) is 16.7. The molecule has 0 saturated heterocycles. The van der Waals surface area contributed by atoms with Crippen LogP contribution in [0.4, 0.5) is 0 Å². The maximum absolute atomic E-state index is 6.44. The number of nitrogens with one attached hydrogen (secondary N) is 3. The molecule has 1 aliphatic rings. The first-order chi connectivity index (χ1) is 23.4. The molecule has 1 aromatic heterocycles. The van der Waals surface area contributed by atoms with Gasteiger partial charge >= 0.3 is 0 Å². The highest BCUT2D eigenvalue weighted by molar-refractivity contribution is 6.10. The van der Waals surface area contributed by atoms with Gasteiger partial charge in [-0.2, -0.15) is 0 Å². The van der Waals surface area contributed by atoms with Crippen molar-refractivity contribution in [2.45, 2.75) is 38.3 Å². The minimum atomic E-state index is -0.0353. The lowest BCUT2D eigenvalue weighted by Crippen LogP contribution is -2.38. The van der Waals surface area contributed by atoms with Crippen LogP contribution in [-0.4, -0.2) is 56.2 Å². The number of nitrogens with zero attached hydrogens (tertiary/aromatic N) is 4. The average molecular weight is 643 g/mol. The van der Waals surface area contributed by atoms with E-state index in [4.69, 9.17) is 22.2 Å². The summed E-state index contributed by atoms with van der Waals surface area (Å²) in [5, 5.41) is 12.3. The molecular formula is C38H46N10. The van der Waals surface area contributed by atoms with Gasteiger partial charge in [-0.3, -0.25) is 15.0 Å². The molecular weight excluding hydrogens is 596 g/mol. The number of hydrogen-bond acceptors (Lipinski definition) is 5. The summed E-state index contributed by atoms with van der Waals surface area (Å²) in [6, 6.07) is 31.2. The highest BCUT2D eigenvalue weighted by Crippen LogP contribution is 2.36. The maximum Gasteiger partial charge on any atom is 0.189 e. The van der Waals surface area contributed by atoms with Crippen molar-refractivity contribution in [1.82, 2.24) is 20.5 Å². The summed E-state index contributed by atoms with van der Waals surface area (Å²) in [5.74, 6) is 1.34. The van der Waals surface area contributed by atoms with Crippen LogP contribution in [0.15, 0.2) is 99.9 Å². The van der Waals surface area contributed by atoms with Gasteiger partial charge in [0.15, 0.2) is 17.9 Å². The largest absolute Gasteiger partial charge is 0.370 e. The molecule has 0 fully saturated rings. The van der Waals surface area contributed by atoms with Crippen LogP contribution in [-0.2, 0) is 13.0 Å². The van der Waals surface area contributed by atoms with Crippen LogP contribution in [0.5, 0.6) is 0 Å². The minimum Gasteiger partial charge on any atom is -0.370 e. The Hall–Kier alpha value is -5.51. The van der Waals surface area contributed by atoms with Crippen molar-refractivity contribution in [2.75, 3.05) is 33.7 Å². The summed E-state index contributed by atoms with van der Waals surface area (Å²) >= 11 is 0. The standard InChI is InChI=1S/C38H46N10/c1-42-36(39)44-17-5-8-25-7-3-9-26(21-25)28-12-14-31-32-15-13-29-24-35(32)48(34(31)23-28)20-6-18-45-38(41)47-33(16-19-46-37(40)43-2)30-11-4-10-27(29)22-30/h3-4,7,9-15,21-24,33H,5-6,8,16-20H2,1-2H3,(H3,39,42,44)(H3,40,43,46)(H3,41,45,47). The van der Waals surface area contributed by atoms with Crippen LogP contribution in [0.1, 0.15) is 36.4 Å². The van der Waals surface area contributed by atoms with E-state index in [1.165, 1.54) is 44.1 Å². The molecule has 0 saturated carbocycles. The van der Waals surface area contributed by atoms with Gasteiger partial charge in [-0.1, -0.05) is 66.7 Å². The molecule has 2 heterocycles. The monoisotopic (exact) mass is 642 g/mol. The number of guanidine groups is 3. The maximum atomic E-state index is 6.44. The van der Waals surface area contributed by atoms with E-state index in [2.05, 4.69) is 115 Å². The average Bonchev–Trinajstić information content (AvgIpc) is 3.43. The molecule has 248 valence electrons. The lowest BCUT2D eigenvalue weighted by molar-refractivity contribution is 0.577. The van der Waals surface area contributed by atoms with E-state index in [9.17, 15) is 0 Å². The number of aryl methyl sites for hydroxylation is 2. The second-order valence-electron chi connectivity index (χ2n) is 12.2. The van der Waals surface area contributed by atoms with Gasteiger partial charge in [-0.05, 0) is 77.3 Å². The zero-order chi connectivity index (χ0) is 33.5. The molecule has 0 spiro atoms.